The second-order valence-corrected chi connectivity index (χ2v) is 5.35. The third-order valence-corrected chi connectivity index (χ3v) is 3.72. The molecule has 124 valence electrons. The number of hydrogen-bond donors (Lipinski definition) is 2. The lowest BCUT2D eigenvalue weighted by Crippen LogP contribution is -2.24. The van der Waals surface area contributed by atoms with Crippen LogP contribution in [0.5, 0.6) is 11.5 Å². The molecule has 0 heterocycles. The lowest BCUT2D eigenvalue weighted by Gasteiger charge is -2.19. The van der Waals surface area contributed by atoms with Crippen molar-refractivity contribution < 1.29 is 19.0 Å². The zero-order valence-electron chi connectivity index (χ0n) is 13.5. The lowest BCUT2D eigenvalue weighted by molar-refractivity contribution is 0.170. The van der Waals surface area contributed by atoms with Crippen LogP contribution in [0.1, 0.15) is 30.2 Å². The van der Waals surface area contributed by atoms with E-state index in [-0.39, 0.29) is 11.9 Å². The van der Waals surface area contributed by atoms with Gasteiger partial charge in [-0.05, 0) is 42.3 Å². The number of benzene rings is 2. The summed E-state index contributed by atoms with van der Waals surface area (Å²) in [6.07, 6.45) is -0.727. The largest absolute Gasteiger partial charge is 0.497 e. The van der Waals surface area contributed by atoms with Gasteiger partial charge in [-0.15, -0.1) is 0 Å². The fourth-order valence-corrected chi connectivity index (χ4v) is 2.32. The van der Waals surface area contributed by atoms with Crippen LogP contribution in [0.3, 0.4) is 0 Å². The van der Waals surface area contributed by atoms with Gasteiger partial charge in [0.05, 0.1) is 20.3 Å². The average Bonchev–Trinajstić information content (AvgIpc) is 2.58. The molecule has 0 aliphatic rings. The van der Waals surface area contributed by atoms with Gasteiger partial charge in [0, 0.05) is 18.7 Å². The number of nitrogens with one attached hydrogen (secondary N) is 1. The maximum atomic E-state index is 13.3. The first-order chi connectivity index (χ1) is 11.0. The minimum Gasteiger partial charge on any atom is -0.497 e. The van der Waals surface area contributed by atoms with E-state index >= 15 is 0 Å². The van der Waals surface area contributed by atoms with Crippen molar-refractivity contribution in [3.63, 3.8) is 0 Å². The van der Waals surface area contributed by atoms with Crippen LogP contribution in [0.25, 0.3) is 0 Å². The number of halogens is 1. The van der Waals surface area contributed by atoms with Gasteiger partial charge in [-0.3, -0.25) is 0 Å². The molecule has 0 spiro atoms. The molecule has 2 atom stereocenters. The molecule has 0 aromatic heterocycles. The Balaban J connectivity index is 2.03. The van der Waals surface area contributed by atoms with E-state index in [1.54, 1.807) is 38.5 Å². The van der Waals surface area contributed by atoms with E-state index < -0.39 is 6.10 Å². The summed E-state index contributed by atoms with van der Waals surface area (Å²) in [5.74, 6) is 0.974. The minimum atomic E-state index is -0.727. The van der Waals surface area contributed by atoms with Crippen LogP contribution in [0.15, 0.2) is 42.5 Å². The molecular formula is C18H22FNO3. The summed E-state index contributed by atoms with van der Waals surface area (Å²) in [6.45, 7) is 2.25. The topological polar surface area (TPSA) is 50.7 Å². The number of rotatable bonds is 7. The molecule has 5 heteroatoms. The highest BCUT2D eigenvalue weighted by molar-refractivity contribution is 5.39. The summed E-state index contributed by atoms with van der Waals surface area (Å²) < 4.78 is 23.7. The summed E-state index contributed by atoms with van der Waals surface area (Å²) in [7, 11) is 3.13. The molecule has 2 aromatic carbocycles. The maximum absolute atomic E-state index is 13.3. The molecule has 0 saturated heterocycles. The summed E-state index contributed by atoms with van der Waals surface area (Å²) in [5, 5.41) is 13.6. The molecule has 2 unspecified atom stereocenters. The standard InChI is InChI=1S/C18H22FNO3/c1-12(13-5-4-6-15(19)7-13)20-11-18(21)14-8-16(22-2)10-17(9-14)23-3/h4-10,12,18,20-21H,11H2,1-3H3. The van der Waals surface area contributed by atoms with Crippen LogP contribution in [-0.4, -0.2) is 25.9 Å². The normalized spacial score (nSPS) is 13.4. The van der Waals surface area contributed by atoms with Gasteiger partial charge in [0.1, 0.15) is 17.3 Å². The third-order valence-electron chi connectivity index (χ3n) is 3.72. The number of methoxy groups -OCH3 is 2. The summed E-state index contributed by atoms with van der Waals surface area (Å²) in [4.78, 5) is 0. The van der Waals surface area contributed by atoms with Crippen LogP contribution in [-0.2, 0) is 0 Å². The summed E-state index contributed by atoms with van der Waals surface area (Å²) in [6, 6.07) is 11.6. The van der Waals surface area contributed by atoms with Crippen LogP contribution >= 0.6 is 0 Å². The number of hydrogen-bond acceptors (Lipinski definition) is 4. The Labute approximate surface area is 135 Å². The molecule has 0 amide bonds. The van der Waals surface area contributed by atoms with Gasteiger partial charge in [-0.25, -0.2) is 4.39 Å². The SMILES string of the molecule is COc1cc(OC)cc(C(O)CNC(C)c2cccc(F)c2)c1. The first-order valence-electron chi connectivity index (χ1n) is 7.43. The molecule has 23 heavy (non-hydrogen) atoms. The van der Waals surface area contributed by atoms with Crippen molar-refractivity contribution in [2.24, 2.45) is 0 Å². The van der Waals surface area contributed by atoms with Gasteiger partial charge >= 0.3 is 0 Å². The van der Waals surface area contributed by atoms with Crippen LogP contribution in [0.4, 0.5) is 4.39 Å². The molecule has 0 aliphatic carbocycles. The average molecular weight is 319 g/mol. The number of ether oxygens (including phenoxy) is 2. The van der Waals surface area contributed by atoms with E-state index in [0.29, 0.717) is 23.6 Å². The highest BCUT2D eigenvalue weighted by Gasteiger charge is 2.13. The van der Waals surface area contributed by atoms with Crippen molar-refractivity contribution in [2.75, 3.05) is 20.8 Å². The number of aliphatic hydroxyl groups is 1. The Bertz CT molecular complexity index is 626. The van der Waals surface area contributed by atoms with E-state index in [9.17, 15) is 9.50 Å². The molecule has 0 fully saturated rings. The monoisotopic (exact) mass is 319 g/mol. The minimum absolute atomic E-state index is 0.0761. The quantitative estimate of drug-likeness (QED) is 0.823. The van der Waals surface area contributed by atoms with Crippen LogP contribution in [0, 0.1) is 5.82 Å². The highest BCUT2D eigenvalue weighted by atomic mass is 19.1. The molecule has 0 bridgehead atoms. The Morgan fingerprint density at radius 2 is 1.70 bits per heavy atom. The van der Waals surface area contributed by atoms with Crippen LogP contribution in [0.2, 0.25) is 0 Å². The van der Waals surface area contributed by atoms with Crippen molar-refractivity contribution in [3.05, 3.63) is 59.4 Å². The smallest absolute Gasteiger partial charge is 0.123 e. The van der Waals surface area contributed by atoms with Gasteiger partial charge < -0.3 is 19.9 Å². The van der Waals surface area contributed by atoms with E-state index in [0.717, 1.165) is 5.56 Å². The molecule has 0 aliphatic heterocycles. The molecule has 4 nitrogen and oxygen atoms in total. The van der Waals surface area contributed by atoms with Crippen LogP contribution < -0.4 is 14.8 Å². The van der Waals surface area contributed by atoms with Gasteiger partial charge in [0.2, 0.25) is 0 Å². The van der Waals surface area contributed by atoms with Crippen molar-refractivity contribution >= 4 is 0 Å². The van der Waals surface area contributed by atoms with Crippen molar-refractivity contribution in [1.82, 2.24) is 5.32 Å². The van der Waals surface area contributed by atoms with Gasteiger partial charge in [0.25, 0.3) is 0 Å². The molecular weight excluding hydrogens is 297 g/mol. The zero-order valence-corrected chi connectivity index (χ0v) is 13.5. The van der Waals surface area contributed by atoms with E-state index in [1.807, 2.05) is 13.0 Å². The molecule has 2 aromatic rings. The highest BCUT2D eigenvalue weighted by Crippen LogP contribution is 2.26. The predicted molar refractivity (Wildman–Crippen MR) is 87.3 cm³/mol. The second kappa shape index (κ2) is 7.94. The fraction of sp³-hybridized carbons (Fsp3) is 0.333. The second-order valence-electron chi connectivity index (χ2n) is 5.35. The van der Waals surface area contributed by atoms with Crippen molar-refractivity contribution in [3.8, 4) is 11.5 Å². The van der Waals surface area contributed by atoms with Gasteiger partial charge in [-0.2, -0.15) is 0 Å². The Morgan fingerprint density at radius 3 is 2.26 bits per heavy atom. The third kappa shape index (κ3) is 4.68. The van der Waals surface area contributed by atoms with Crippen molar-refractivity contribution in [2.45, 2.75) is 19.1 Å². The summed E-state index contributed by atoms with van der Waals surface area (Å²) >= 11 is 0. The molecule has 0 saturated carbocycles. The Morgan fingerprint density at radius 1 is 1.04 bits per heavy atom. The molecule has 0 radical (unpaired) electrons. The predicted octanol–water partition coefficient (Wildman–Crippen LogP) is 3.23. The lowest BCUT2D eigenvalue weighted by atomic mass is 10.1. The maximum Gasteiger partial charge on any atom is 0.123 e. The van der Waals surface area contributed by atoms with E-state index in [2.05, 4.69) is 5.32 Å². The van der Waals surface area contributed by atoms with Gasteiger partial charge in [0.15, 0.2) is 0 Å². The van der Waals surface area contributed by atoms with Gasteiger partial charge in [-0.1, -0.05) is 12.1 Å². The zero-order chi connectivity index (χ0) is 16.8. The van der Waals surface area contributed by atoms with Crippen molar-refractivity contribution in [1.29, 1.82) is 0 Å². The first kappa shape index (κ1) is 17.2. The van der Waals surface area contributed by atoms with E-state index in [4.69, 9.17) is 9.47 Å². The number of aliphatic hydroxyl groups excluding tert-OH is 1. The molecule has 2 rings (SSSR count). The Hall–Kier alpha value is -2.11. The van der Waals surface area contributed by atoms with E-state index in [1.165, 1.54) is 12.1 Å². The first-order valence-corrected chi connectivity index (χ1v) is 7.43. The Kier molecular flexibility index (Phi) is 5.96. The summed E-state index contributed by atoms with van der Waals surface area (Å²) in [5.41, 5.74) is 1.53. The fourth-order valence-electron chi connectivity index (χ4n) is 2.32. The molecule has 2 N–H and O–H groups in total.